The lowest BCUT2D eigenvalue weighted by atomic mass is 9.83. The molecule has 0 fully saturated rings. The standard InChI is InChI=1S/C21H23N3O6/c1-11-7-14-18(21(26)24(11)5-6-25)17(13(10-22)20(23)30-14)12-8-15(27-2)19(29-4)16(9-12)28-3/h7-9,17,25H,5-6,23H2,1-4H3/t17-/m0/s1. The average Bonchev–Trinajstić information content (AvgIpc) is 2.74. The number of nitrogens with zero attached hydrogens (tertiary/aromatic N) is 2. The van der Waals surface area contributed by atoms with Gasteiger partial charge < -0.3 is 34.4 Å². The fourth-order valence-electron chi connectivity index (χ4n) is 3.67. The third kappa shape index (κ3) is 3.31. The van der Waals surface area contributed by atoms with E-state index in [1.165, 1.54) is 25.9 Å². The van der Waals surface area contributed by atoms with E-state index in [2.05, 4.69) is 6.07 Å². The first-order valence-electron chi connectivity index (χ1n) is 9.14. The van der Waals surface area contributed by atoms with Crippen molar-refractivity contribution < 1.29 is 24.1 Å². The number of benzene rings is 1. The van der Waals surface area contributed by atoms with Gasteiger partial charge in [0, 0.05) is 18.3 Å². The summed E-state index contributed by atoms with van der Waals surface area (Å²) in [5, 5.41) is 19.2. The second-order valence-electron chi connectivity index (χ2n) is 6.63. The van der Waals surface area contributed by atoms with Crippen LogP contribution in [0.1, 0.15) is 22.7 Å². The molecule has 2 heterocycles. The van der Waals surface area contributed by atoms with Crippen molar-refractivity contribution in [2.24, 2.45) is 5.73 Å². The molecule has 0 unspecified atom stereocenters. The maximum atomic E-state index is 13.3. The third-order valence-corrected chi connectivity index (χ3v) is 5.03. The normalized spacial score (nSPS) is 15.1. The summed E-state index contributed by atoms with van der Waals surface area (Å²) in [7, 11) is 4.44. The number of aliphatic hydroxyl groups excluding tert-OH is 1. The number of nitrogens with two attached hydrogens (primary N) is 1. The van der Waals surface area contributed by atoms with Crippen LogP contribution in [0.2, 0.25) is 0 Å². The number of aryl methyl sites for hydroxylation is 1. The summed E-state index contributed by atoms with van der Waals surface area (Å²) < 4.78 is 23.3. The van der Waals surface area contributed by atoms with Crippen molar-refractivity contribution in [2.75, 3.05) is 27.9 Å². The van der Waals surface area contributed by atoms with Gasteiger partial charge in [-0.25, -0.2) is 0 Å². The Kier molecular flexibility index (Phi) is 5.89. The van der Waals surface area contributed by atoms with E-state index in [1.807, 2.05) is 0 Å². The van der Waals surface area contributed by atoms with Crippen LogP contribution in [0.25, 0.3) is 0 Å². The molecule has 3 rings (SSSR count). The Morgan fingerprint density at radius 2 is 1.83 bits per heavy atom. The zero-order valence-corrected chi connectivity index (χ0v) is 17.2. The van der Waals surface area contributed by atoms with Crippen molar-refractivity contribution in [1.29, 1.82) is 5.26 Å². The first-order valence-corrected chi connectivity index (χ1v) is 9.14. The number of pyridine rings is 1. The summed E-state index contributed by atoms with van der Waals surface area (Å²) >= 11 is 0. The van der Waals surface area contributed by atoms with E-state index in [-0.39, 0.29) is 41.5 Å². The SMILES string of the molecule is COc1cc([C@H]2C(C#N)=C(N)Oc3cc(C)n(CCO)c(=O)c32)cc(OC)c1OC. The molecule has 0 bridgehead atoms. The molecule has 30 heavy (non-hydrogen) atoms. The van der Waals surface area contributed by atoms with Gasteiger partial charge in [0.05, 0.1) is 39.4 Å². The first-order chi connectivity index (χ1) is 14.4. The van der Waals surface area contributed by atoms with Gasteiger partial charge in [-0.1, -0.05) is 0 Å². The third-order valence-electron chi connectivity index (χ3n) is 5.03. The molecular weight excluding hydrogens is 390 g/mol. The van der Waals surface area contributed by atoms with Gasteiger partial charge in [-0.15, -0.1) is 0 Å². The van der Waals surface area contributed by atoms with Gasteiger partial charge in [0.25, 0.3) is 5.56 Å². The van der Waals surface area contributed by atoms with Gasteiger partial charge in [0.15, 0.2) is 11.5 Å². The molecular formula is C21H23N3O6. The van der Waals surface area contributed by atoms with Crippen LogP contribution in [-0.4, -0.2) is 37.6 Å². The highest BCUT2D eigenvalue weighted by atomic mass is 16.5. The van der Waals surface area contributed by atoms with E-state index < -0.39 is 5.92 Å². The Labute approximate surface area is 173 Å². The van der Waals surface area contributed by atoms with Crippen LogP contribution >= 0.6 is 0 Å². The number of aromatic nitrogens is 1. The van der Waals surface area contributed by atoms with Crippen LogP contribution in [-0.2, 0) is 6.54 Å². The van der Waals surface area contributed by atoms with Crippen LogP contribution in [0.5, 0.6) is 23.0 Å². The van der Waals surface area contributed by atoms with E-state index in [9.17, 15) is 15.2 Å². The number of fused-ring (bicyclic) bond motifs is 1. The van der Waals surface area contributed by atoms with Crippen molar-refractivity contribution >= 4 is 0 Å². The highest BCUT2D eigenvalue weighted by Gasteiger charge is 2.35. The topological polar surface area (TPSA) is 129 Å². The molecule has 1 aromatic heterocycles. The molecule has 9 nitrogen and oxygen atoms in total. The number of aliphatic hydroxyl groups is 1. The fraction of sp³-hybridized carbons (Fsp3) is 0.333. The number of rotatable bonds is 6. The van der Waals surface area contributed by atoms with Gasteiger partial charge in [0.1, 0.15) is 17.4 Å². The first kappa shape index (κ1) is 21.1. The van der Waals surface area contributed by atoms with Crippen molar-refractivity contribution in [3.63, 3.8) is 0 Å². The molecule has 0 radical (unpaired) electrons. The molecule has 1 aliphatic heterocycles. The Balaban J connectivity index is 2.36. The number of nitriles is 1. The number of methoxy groups -OCH3 is 3. The largest absolute Gasteiger partial charge is 0.493 e. The second kappa shape index (κ2) is 8.39. The predicted molar refractivity (Wildman–Crippen MR) is 108 cm³/mol. The minimum Gasteiger partial charge on any atom is -0.493 e. The van der Waals surface area contributed by atoms with Gasteiger partial charge in [-0.2, -0.15) is 5.26 Å². The van der Waals surface area contributed by atoms with Crippen molar-refractivity contribution in [3.8, 4) is 29.1 Å². The van der Waals surface area contributed by atoms with Crippen LogP contribution < -0.4 is 30.2 Å². The van der Waals surface area contributed by atoms with Gasteiger partial charge in [-0.3, -0.25) is 4.79 Å². The maximum absolute atomic E-state index is 13.3. The molecule has 0 aliphatic carbocycles. The highest BCUT2D eigenvalue weighted by Crippen LogP contribution is 2.46. The lowest BCUT2D eigenvalue weighted by Crippen LogP contribution is -2.33. The summed E-state index contributed by atoms with van der Waals surface area (Å²) in [4.78, 5) is 13.3. The molecule has 1 aliphatic rings. The Bertz CT molecular complexity index is 1090. The molecule has 3 N–H and O–H groups in total. The molecule has 0 amide bonds. The van der Waals surface area contributed by atoms with Gasteiger partial charge >= 0.3 is 0 Å². The minimum atomic E-state index is -0.814. The lowest BCUT2D eigenvalue weighted by molar-refractivity contribution is 0.272. The molecule has 1 aromatic carbocycles. The zero-order valence-electron chi connectivity index (χ0n) is 17.2. The fourth-order valence-corrected chi connectivity index (χ4v) is 3.67. The lowest BCUT2D eigenvalue weighted by Gasteiger charge is -2.28. The van der Waals surface area contributed by atoms with Crippen LogP contribution in [0.3, 0.4) is 0 Å². The summed E-state index contributed by atoms with van der Waals surface area (Å²) in [5.41, 5.74) is 7.13. The minimum absolute atomic E-state index is 0.0811. The highest BCUT2D eigenvalue weighted by molar-refractivity contribution is 5.61. The van der Waals surface area contributed by atoms with Crippen LogP contribution in [0.4, 0.5) is 0 Å². The number of hydrogen-bond donors (Lipinski definition) is 2. The summed E-state index contributed by atoms with van der Waals surface area (Å²) in [5.74, 6) is 0.500. The molecule has 158 valence electrons. The van der Waals surface area contributed by atoms with E-state index in [0.29, 0.717) is 28.5 Å². The van der Waals surface area contributed by atoms with Gasteiger partial charge in [-0.05, 0) is 24.6 Å². The molecule has 0 saturated heterocycles. The second-order valence-corrected chi connectivity index (χ2v) is 6.63. The zero-order chi connectivity index (χ0) is 22.0. The summed E-state index contributed by atoms with van der Waals surface area (Å²) in [6.07, 6.45) is 0. The van der Waals surface area contributed by atoms with E-state index in [0.717, 1.165) is 0 Å². The number of hydrogen-bond acceptors (Lipinski definition) is 8. The Morgan fingerprint density at radius 3 is 2.33 bits per heavy atom. The smallest absolute Gasteiger partial charge is 0.258 e. The number of ether oxygens (including phenoxy) is 4. The van der Waals surface area contributed by atoms with Crippen LogP contribution in [0.15, 0.2) is 34.4 Å². The van der Waals surface area contributed by atoms with E-state index in [1.54, 1.807) is 25.1 Å². The molecule has 0 saturated carbocycles. The summed E-state index contributed by atoms with van der Waals surface area (Å²) in [6.45, 7) is 1.63. The van der Waals surface area contributed by atoms with E-state index in [4.69, 9.17) is 24.7 Å². The Hall–Kier alpha value is -3.64. The quantitative estimate of drug-likeness (QED) is 0.727. The molecule has 9 heteroatoms. The maximum Gasteiger partial charge on any atom is 0.258 e. The Morgan fingerprint density at radius 1 is 1.20 bits per heavy atom. The van der Waals surface area contributed by atoms with Gasteiger partial charge in [0.2, 0.25) is 11.6 Å². The summed E-state index contributed by atoms with van der Waals surface area (Å²) in [6, 6.07) is 7.06. The molecule has 2 aromatic rings. The van der Waals surface area contributed by atoms with Crippen molar-refractivity contribution in [3.05, 3.63) is 56.8 Å². The average molecular weight is 413 g/mol. The van der Waals surface area contributed by atoms with Crippen molar-refractivity contribution in [2.45, 2.75) is 19.4 Å². The van der Waals surface area contributed by atoms with Crippen LogP contribution in [0, 0.1) is 18.3 Å². The molecule has 0 spiro atoms. The number of allylic oxidation sites excluding steroid dienone is 1. The molecule has 1 atom stereocenters. The van der Waals surface area contributed by atoms with E-state index >= 15 is 0 Å². The predicted octanol–water partition coefficient (Wildman–Crippen LogP) is 1.39. The monoisotopic (exact) mass is 413 g/mol. The van der Waals surface area contributed by atoms with Crippen molar-refractivity contribution in [1.82, 2.24) is 4.57 Å².